The number of aromatic nitrogens is 2. The molecule has 5 nitrogen and oxygen atoms in total. The number of nitrogens with zero attached hydrogens (tertiary/aromatic N) is 2. The minimum absolute atomic E-state index is 0.447. The first-order valence-corrected chi connectivity index (χ1v) is 5.34. The van der Waals surface area contributed by atoms with Gasteiger partial charge in [0.1, 0.15) is 0 Å². The van der Waals surface area contributed by atoms with Crippen molar-refractivity contribution in [2.24, 2.45) is 10.7 Å². The van der Waals surface area contributed by atoms with Crippen LogP contribution in [0.2, 0.25) is 0 Å². The summed E-state index contributed by atoms with van der Waals surface area (Å²) >= 11 is 0. The summed E-state index contributed by atoms with van der Waals surface area (Å²) < 4.78 is 0. The Morgan fingerprint density at radius 1 is 1.35 bits per heavy atom. The first kappa shape index (κ1) is 11.2. The van der Waals surface area contributed by atoms with Crippen LogP contribution in [-0.4, -0.2) is 23.2 Å². The van der Waals surface area contributed by atoms with Crippen molar-refractivity contribution in [1.82, 2.24) is 15.5 Å². The number of nitrogens with one attached hydrogen (secondary N) is 2. The van der Waals surface area contributed by atoms with E-state index in [2.05, 4.69) is 20.5 Å². The number of hydrogen-bond acceptors (Lipinski definition) is 2. The highest BCUT2D eigenvalue weighted by atomic mass is 15.1. The van der Waals surface area contributed by atoms with Crippen molar-refractivity contribution in [1.29, 1.82) is 0 Å². The van der Waals surface area contributed by atoms with Crippen LogP contribution in [0.4, 0.5) is 0 Å². The van der Waals surface area contributed by atoms with E-state index in [1.165, 1.54) is 0 Å². The van der Waals surface area contributed by atoms with E-state index in [0.29, 0.717) is 12.5 Å². The molecular formula is C12H15N5. The molecular weight excluding hydrogens is 214 g/mol. The van der Waals surface area contributed by atoms with Gasteiger partial charge in [-0.1, -0.05) is 24.3 Å². The fourth-order valence-electron chi connectivity index (χ4n) is 1.49. The normalized spacial score (nSPS) is 11.5. The third-order valence-corrected chi connectivity index (χ3v) is 2.48. The van der Waals surface area contributed by atoms with Gasteiger partial charge in [-0.2, -0.15) is 5.10 Å². The lowest BCUT2D eigenvalue weighted by Gasteiger charge is -2.05. The Morgan fingerprint density at radius 3 is 2.71 bits per heavy atom. The van der Waals surface area contributed by atoms with Crippen LogP contribution in [0.3, 0.4) is 0 Å². The van der Waals surface area contributed by atoms with Crippen molar-refractivity contribution in [3.8, 4) is 11.3 Å². The maximum atomic E-state index is 5.55. The van der Waals surface area contributed by atoms with E-state index in [1.54, 1.807) is 13.2 Å². The maximum Gasteiger partial charge on any atom is 0.188 e. The third kappa shape index (κ3) is 2.84. The van der Waals surface area contributed by atoms with E-state index in [4.69, 9.17) is 5.73 Å². The Kier molecular flexibility index (Phi) is 3.40. The molecule has 0 bridgehead atoms. The fraction of sp³-hybridized carbons (Fsp3) is 0.167. The predicted molar refractivity (Wildman–Crippen MR) is 68.4 cm³/mol. The van der Waals surface area contributed by atoms with Crippen molar-refractivity contribution in [3.05, 3.63) is 42.1 Å². The van der Waals surface area contributed by atoms with Crippen molar-refractivity contribution in [2.45, 2.75) is 6.54 Å². The monoisotopic (exact) mass is 229 g/mol. The van der Waals surface area contributed by atoms with Crippen molar-refractivity contribution in [3.63, 3.8) is 0 Å². The molecule has 0 amide bonds. The van der Waals surface area contributed by atoms with Crippen LogP contribution in [0, 0.1) is 0 Å². The van der Waals surface area contributed by atoms with E-state index in [1.807, 2.05) is 30.3 Å². The molecule has 1 heterocycles. The van der Waals surface area contributed by atoms with Crippen LogP contribution in [0.25, 0.3) is 11.3 Å². The maximum absolute atomic E-state index is 5.55. The molecule has 0 saturated heterocycles. The van der Waals surface area contributed by atoms with E-state index in [-0.39, 0.29) is 0 Å². The molecule has 1 aromatic heterocycles. The standard InChI is InChI=1S/C12H15N5/c1-14-12(13)15-8-9-2-4-10(5-3-9)11-6-7-16-17-11/h2-7H,8H2,1H3,(H,16,17)(H3,13,14,15). The number of aromatic amines is 1. The number of guanidine groups is 1. The van der Waals surface area contributed by atoms with E-state index in [0.717, 1.165) is 16.8 Å². The molecule has 2 aromatic rings. The highest BCUT2D eigenvalue weighted by molar-refractivity contribution is 5.77. The molecule has 0 spiro atoms. The van der Waals surface area contributed by atoms with Gasteiger partial charge in [0, 0.05) is 19.8 Å². The van der Waals surface area contributed by atoms with Crippen LogP contribution >= 0.6 is 0 Å². The summed E-state index contributed by atoms with van der Waals surface area (Å²) in [4.78, 5) is 3.83. The van der Waals surface area contributed by atoms with E-state index < -0.39 is 0 Å². The van der Waals surface area contributed by atoms with Gasteiger partial charge in [-0.3, -0.25) is 10.1 Å². The molecule has 4 N–H and O–H groups in total. The quantitative estimate of drug-likeness (QED) is 0.545. The summed E-state index contributed by atoms with van der Waals surface area (Å²) in [7, 11) is 1.66. The van der Waals surface area contributed by atoms with Crippen LogP contribution < -0.4 is 11.1 Å². The lowest BCUT2D eigenvalue weighted by atomic mass is 10.1. The SMILES string of the molecule is CN=C(N)NCc1ccc(-c2ccn[nH]2)cc1. The first-order valence-electron chi connectivity index (χ1n) is 5.34. The molecule has 17 heavy (non-hydrogen) atoms. The molecule has 0 atom stereocenters. The summed E-state index contributed by atoms with van der Waals surface area (Å²) in [6.07, 6.45) is 1.74. The molecule has 0 unspecified atom stereocenters. The molecule has 0 aliphatic carbocycles. The van der Waals surface area contributed by atoms with Crippen molar-refractivity contribution < 1.29 is 0 Å². The van der Waals surface area contributed by atoms with Crippen LogP contribution in [0.5, 0.6) is 0 Å². The molecule has 1 aromatic carbocycles. The predicted octanol–water partition coefficient (Wildman–Crippen LogP) is 1.11. The highest BCUT2D eigenvalue weighted by Crippen LogP contribution is 2.16. The summed E-state index contributed by atoms with van der Waals surface area (Å²) in [6.45, 7) is 0.673. The number of benzene rings is 1. The van der Waals surface area contributed by atoms with Crippen molar-refractivity contribution >= 4 is 5.96 Å². The largest absolute Gasteiger partial charge is 0.370 e. The highest BCUT2D eigenvalue weighted by Gasteiger charge is 1.99. The van der Waals surface area contributed by atoms with Gasteiger partial charge in [0.05, 0.1) is 5.69 Å². The topological polar surface area (TPSA) is 79.1 Å². The number of nitrogens with two attached hydrogens (primary N) is 1. The number of rotatable bonds is 3. The van der Waals surface area contributed by atoms with Gasteiger partial charge in [-0.25, -0.2) is 0 Å². The summed E-state index contributed by atoms with van der Waals surface area (Å²) in [6, 6.07) is 10.1. The smallest absolute Gasteiger partial charge is 0.188 e. The van der Waals surface area contributed by atoms with Gasteiger partial charge < -0.3 is 11.1 Å². The van der Waals surface area contributed by atoms with Gasteiger partial charge in [-0.05, 0) is 17.2 Å². The number of hydrogen-bond donors (Lipinski definition) is 3. The second kappa shape index (κ2) is 5.16. The molecule has 5 heteroatoms. The van der Waals surface area contributed by atoms with Gasteiger partial charge in [0.2, 0.25) is 0 Å². The second-order valence-corrected chi connectivity index (χ2v) is 3.63. The zero-order valence-electron chi connectivity index (χ0n) is 9.64. The molecule has 88 valence electrons. The Labute approximate surface area is 99.8 Å². The van der Waals surface area contributed by atoms with E-state index in [9.17, 15) is 0 Å². The summed E-state index contributed by atoms with van der Waals surface area (Å²) in [5.74, 6) is 0.447. The van der Waals surface area contributed by atoms with Gasteiger partial charge in [0.15, 0.2) is 5.96 Å². The lowest BCUT2D eigenvalue weighted by Crippen LogP contribution is -2.30. The van der Waals surface area contributed by atoms with Gasteiger partial charge >= 0.3 is 0 Å². The third-order valence-electron chi connectivity index (χ3n) is 2.48. The second-order valence-electron chi connectivity index (χ2n) is 3.63. The minimum atomic E-state index is 0.447. The lowest BCUT2D eigenvalue weighted by molar-refractivity contribution is 0.901. The molecule has 0 saturated carbocycles. The minimum Gasteiger partial charge on any atom is -0.370 e. The number of aliphatic imine (C=N–C) groups is 1. The summed E-state index contributed by atoms with van der Waals surface area (Å²) in [5.41, 5.74) is 8.83. The number of H-pyrrole nitrogens is 1. The zero-order chi connectivity index (χ0) is 12.1. The van der Waals surface area contributed by atoms with Crippen LogP contribution in [-0.2, 0) is 6.54 Å². The first-order chi connectivity index (χ1) is 8.29. The molecule has 0 aliphatic rings. The summed E-state index contributed by atoms with van der Waals surface area (Å²) in [5, 5.41) is 9.86. The Balaban J connectivity index is 2.03. The average molecular weight is 229 g/mol. The molecule has 2 rings (SSSR count). The van der Waals surface area contributed by atoms with E-state index >= 15 is 0 Å². The molecule has 0 radical (unpaired) electrons. The Hall–Kier alpha value is -2.30. The molecule has 0 aliphatic heterocycles. The Morgan fingerprint density at radius 2 is 2.12 bits per heavy atom. The fourth-order valence-corrected chi connectivity index (χ4v) is 1.49. The van der Waals surface area contributed by atoms with Gasteiger partial charge in [0.25, 0.3) is 0 Å². The van der Waals surface area contributed by atoms with Gasteiger partial charge in [-0.15, -0.1) is 0 Å². The molecule has 0 fully saturated rings. The Bertz CT molecular complexity index is 484. The average Bonchev–Trinajstić information content (AvgIpc) is 2.90. The van der Waals surface area contributed by atoms with Crippen LogP contribution in [0.15, 0.2) is 41.5 Å². The zero-order valence-corrected chi connectivity index (χ0v) is 9.64. The van der Waals surface area contributed by atoms with Crippen LogP contribution in [0.1, 0.15) is 5.56 Å². The van der Waals surface area contributed by atoms with Crippen molar-refractivity contribution in [2.75, 3.05) is 7.05 Å².